The number of benzene rings is 4. The molecule has 0 spiro atoms. The van der Waals surface area contributed by atoms with Gasteiger partial charge >= 0.3 is 0 Å². The molecule has 3 heterocycles. The first kappa shape index (κ1) is 28.2. The zero-order valence-corrected chi connectivity index (χ0v) is 25.6. The van der Waals surface area contributed by atoms with Gasteiger partial charge in [-0.3, -0.25) is 0 Å². The summed E-state index contributed by atoms with van der Waals surface area (Å²) in [5.41, 5.74) is 0. The summed E-state index contributed by atoms with van der Waals surface area (Å²) in [6.07, 6.45) is 7.67. The zero-order valence-electron chi connectivity index (χ0n) is 25.6. The maximum atomic E-state index is 6.65. The second-order valence-electron chi connectivity index (χ2n) is 11.9. The van der Waals surface area contributed by atoms with Crippen molar-refractivity contribution in [1.29, 1.82) is 0 Å². The fraction of sp³-hybridized carbons (Fsp3) is 0.486. The summed E-state index contributed by atoms with van der Waals surface area (Å²) < 4.78 is 35.4. The number of methoxy groups -OCH3 is 3. The predicted molar refractivity (Wildman–Crippen MR) is 170 cm³/mol. The molecule has 4 aromatic carbocycles. The molecule has 0 atom stereocenters. The van der Waals surface area contributed by atoms with Gasteiger partial charge in [-0.25, -0.2) is 0 Å². The lowest BCUT2D eigenvalue weighted by molar-refractivity contribution is 0.0901. The van der Waals surface area contributed by atoms with Crippen LogP contribution in [-0.4, -0.2) is 83.3 Å². The molecule has 0 aliphatic carbocycles. The van der Waals surface area contributed by atoms with Crippen LogP contribution in [0, 0.1) is 0 Å². The highest BCUT2D eigenvalue weighted by Crippen LogP contribution is 2.47. The Kier molecular flexibility index (Phi) is 7.97. The summed E-state index contributed by atoms with van der Waals surface area (Å²) in [6.45, 7) is 6.86. The number of hydrogen-bond acceptors (Lipinski definition) is 8. The van der Waals surface area contributed by atoms with Crippen LogP contribution in [0.5, 0.6) is 34.5 Å². The largest absolute Gasteiger partial charge is 0.496 e. The normalized spacial score (nSPS) is 18.0. The van der Waals surface area contributed by atoms with Gasteiger partial charge in [-0.05, 0) is 111 Å². The highest BCUT2D eigenvalue weighted by Gasteiger charge is 2.26. The predicted octanol–water partition coefficient (Wildman–Crippen LogP) is 6.62. The summed E-state index contributed by atoms with van der Waals surface area (Å²) in [6, 6.07) is 13.1. The van der Waals surface area contributed by atoms with Crippen molar-refractivity contribution in [3.8, 4) is 34.5 Å². The minimum Gasteiger partial charge on any atom is -0.496 e. The number of nitrogens with zero attached hydrogens (tertiary/aromatic N) is 2. The minimum absolute atomic E-state index is 0.228. The molecule has 2 saturated heterocycles. The van der Waals surface area contributed by atoms with Gasteiger partial charge in [-0.2, -0.15) is 0 Å². The van der Waals surface area contributed by atoms with E-state index in [1.807, 2.05) is 18.2 Å². The van der Waals surface area contributed by atoms with Crippen molar-refractivity contribution in [2.45, 2.75) is 44.6 Å². The van der Waals surface area contributed by atoms with Crippen molar-refractivity contribution in [2.75, 3.05) is 67.5 Å². The smallest absolute Gasteiger partial charge is 0.231 e. The summed E-state index contributed by atoms with van der Waals surface area (Å²) in [5, 5.41) is 6.06. The molecule has 43 heavy (non-hydrogen) atoms. The average molecular weight is 587 g/mol. The molecular weight excluding hydrogens is 544 g/mol. The second-order valence-corrected chi connectivity index (χ2v) is 11.9. The Morgan fingerprint density at radius 2 is 1.33 bits per heavy atom. The first-order valence-corrected chi connectivity index (χ1v) is 15.7. The third kappa shape index (κ3) is 5.36. The molecule has 0 N–H and O–H groups in total. The SMILES string of the molecule is COc1cc2c(OC)cc3c4cc5c(cc4cc(OCCCN4CCC(N6CCCCC6)CC4)c3c2cc1OC)OCO5. The molecule has 0 aromatic heterocycles. The molecule has 0 unspecified atom stereocenters. The lowest BCUT2D eigenvalue weighted by Crippen LogP contribution is -2.46. The first-order chi connectivity index (χ1) is 21.2. The van der Waals surface area contributed by atoms with E-state index in [9.17, 15) is 0 Å². The van der Waals surface area contributed by atoms with Crippen molar-refractivity contribution in [2.24, 2.45) is 0 Å². The van der Waals surface area contributed by atoms with Crippen LogP contribution in [0.15, 0.2) is 36.4 Å². The summed E-state index contributed by atoms with van der Waals surface area (Å²) in [7, 11) is 5.01. The Morgan fingerprint density at radius 3 is 2.05 bits per heavy atom. The fourth-order valence-electron chi connectivity index (χ4n) is 7.26. The number of piperidine rings is 2. The molecule has 8 heteroatoms. The Hall–Kier alpha value is -3.62. The minimum atomic E-state index is 0.228. The number of likely N-dealkylation sites (tertiary alicyclic amines) is 2. The van der Waals surface area contributed by atoms with E-state index >= 15 is 0 Å². The Labute approximate surface area is 253 Å². The van der Waals surface area contributed by atoms with Crippen LogP contribution in [0.3, 0.4) is 0 Å². The van der Waals surface area contributed by atoms with E-state index < -0.39 is 0 Å². The van der Waals surface area contributed by atoms with Crippen molar-refractivity contribution >= 4 is 32.3 Å². The van der Waals surface area contributed by atoms with Crippen LogP contribution in [0.2, 0.25) is 0 Å². The van der Waals surface area contributed by atoms with E-state index in [-0.39, 0.29) is 6.79 Å². The van der Waals surface area contributed by atoms with Crippen LogP contribution in [-0.2, 0) is 0 Å². The molecule has 4 aromatic rings. The van der Waals surface area contributed by atoms with Gasteiger partial charge in [0.15, 0.2) is 23.0 Å². The standard InChI is InChI=1S/C35H42N2O6/c1-38-29-20-27-25-18-33-32(42-22-43-33)16-23(25)17-34(35(27)28-21-31(40-3)30(39-2)19-26(28)29)41-15-7-10-36-13-8-24(9-14-36)37-11-5-4-6-12-37/h16-21,24H,4-15,22H2,1-3H3. The highest BCUT2D eigenvalue weighted by molar-refractivity contribution is 6.22. The van der Waals surface area contributed by atoms with Crippen LogP contribution < -0.4 is 28.4 Å². The molecule has 0 saturated carbocycles. The van der Waals surface area contributed by atoms with E-state index in [4.69, 9.17) is 28.4 Å². The molecular formula is C35H42N2O6. The number of fused-ring (bicyclic) bond motifs is 6. The molecule has 2 fully saturated rings. The third-order valence-electron chi connectivity index (χ3n) is 9.53. The Bertz CT molecular complexity index is 1620. The molecule has 8 nitrogen and oxygen atoms in total. The van der Waals surface area contributed by atoms with Crippen LogP contribution in [0.4, 0.5) is 0 Å². The van der Waals surface area contributed by atoms with Gasteiger partial charge in [-0.15, -0.1) is 0 Å². The number of ether oxygens (including phenoxy) is 6. The number of rotatable bonds is 9. The maximum absolute atomic E-state index is 6.65. The maximum Gasteiger partial charge on any atom is 0.231 e. The first-order valence-electron chi connectivity index (χ1n) is 15.7. The van der Waals surface area contributed by atoms with E-state index in [0.29, 0.717) is 18.1 Å². The van der Waals surface area contributed by atoms with Crippen molar-refractivity contribution < 1.29 is 28.4 Å². The van der Waals surface area contributed by atoms with Gasteiger partial charge in [0.25, 0.3) is 0 Å². The molecule has 228 valence electrons. The topological polar surface area (TPSA) is 61.9 Å². The quantitative estimate of drug-likeness (QED) is 0.160. The van der Waals surface area contributed by atoms with E-state index in [1.165, 1.54) is 58.3 Å². The van der Waals surface area contributed by atoms with Crippen molar-refractivity contribution in [1.82, 2.24) is 9.80 Å². The van der Waals surface area contributed by atoms with E-state index in [2.05, 4.69) is 28.0 Å². The van der Waals surface area contributed by atoms with Crippen LogP contribution in [0.25, 0.3) is 32.3 Å². The molecule has 3 aliphatic heterocycles. The van der Waals surface area contributed by atoms with Gasteiger partial charge in [0.05, 0.1) is 27.9 Å². The molecule has 0 amide bonds. The molecule has 3 aliphatic rings. The summed E-state index contributed by atoms with van der Waals surface area (Å²) in [5.74, 6) is 4.41. The van der Waals surface area contributed by atoms with E-state index in [1.54, 1.807) is 21.3 Å². The van der Waals surface area contributed by atoms with Crippen LogP contribution >= 0.6 is 0 Å². The van der Waals surface area contributed by atoms with Crippen molar-refractivity contribution in [3.63, 3.8) is 0 Å². The van der Waals surface area contributed by atoms with Crippen LogP contribution in [0.1, 0.15) is 38.5 Å². The van der Waals surface area contributed by atoms with Gasteiger partial charge < -0.3 is 38.2 Å². The zero-order chi connectivity index (χ0) is 29.3. The summed E-state index contributed by atoms with van der Waals surface area (Å²) >= 11 is 0. The third-order valence-corrected chi connectivity index (χ3v) is 9.53. The monoisotopic (exact) mass is 586 g/mol. The average Bonchev–Trinajstić information content (AvgIpc) is 3.52. The van der Waals surface area contributed by atoms with Gasteiger partial charge in [-0.1, -0.05) is 6.42 Å². The second kappa shape index (κ2) is 12.2. The van der Waals surface area contributed by atoms with Crippen molar-refractivity contribution in [3.05, 3.63) is 36.4 Å². The summed E-state index contributed by atoms with van der Waals surface area (Å²) in [4.78, 5) is 5.35. The molecule has 7 rings (SSSR count). The lowest BCUT2D eigenvalue weighted by Gasteiger charge is -2.40. The molecule has 0 bridgehead atoms. The number of hydrogen-bond donors (Lipinski definition) is 0. The lowest BCUT2D eigenvalue weighted by atomic mass is 9.94. The van der Waals surface area contributed by atoms with Gasteiger partial charge in [0, 0.05) is 28.7 Å². The Balaban J connectivity index is 1.18. The highest BCUT2D eigenvalue weighted by atomic mass is 16.7. The van der Waals surface area contributed by atoms with Gasteiger partial charge in [0.2, 0.25) is 6.79 Å². The van der Waals surface area contributed by atoms with Gasteiger partial charge in [0.1, 0.15) is 11.5 Å². The Morgan fingerprint density at radius 1 is 0.674 bits per heavy atom. The fourth-order valence-corrected chi connectivity index (χ4v) is 7.26. The van der Waals surface area contributed by atoms with E-state index in [0.717, 1.165) is 74.3 Å². The molecule has 0 radical (unpaired) electrons.